The Bertz CT molecular complexity index is 429. The standard InChI is InChI=1S/C17H38O6Si3/c1-10-15(18)21-14(11-20-16(19)13(2)3)12-24-17(22-25(4,5)6)23-26(7,8)9/h14-15,17-18H,2,10-12,24H2,1,3-9H3. The van der Waals surface area contributed by atoms with E-state index in [0.29, 0.717) is 18.0 Å². The van der Waals surface area contributed by atoms with Gasteiger partial charge in [0.05, 0.1) is 15.6 Å². The molecule has 0 spiro atoms. The predicted molar refractivity (Wildman–Crippen MR) is 113 cm³/mol. The van der Waals surface area contributed by atoms with Gasteiger partial charge in [-0.05, 0) is 58.7 Å². The van der Waals surface area contributed by atoms with E-state index >= 15 is 0 Å². The van der Waals surface area contributed by atoms with Gasteiger partial charge in [0.15, 0.2) is 22.9 Å². The number of rotatable bonds is 13. The Labute approximate surface area is 163 Å². The molecule has 1 N–H and O–H groups in total. The van der Waals surface area contributed by atoms with Crippen molar-refractivity contribution in [2.75, 3.05) is 6.61 Å². The lowest BCUT2D eigenvalue weighted by Crippen LogP contribution is -2.44. The Morgan fingerprint density at radius 2 is 1.62 bits per heavy atom. The number of carbonyl (C=O) groups is 1. The van der Waals surface area contributed by atoms with Gasteiger partial charge in [0.1, 0.15) is 12.5 Å². The third kappa shape index (κ3) is 13.8. The third-order valence-electron chi connectivity index (χ3n) is 3.14. The van der Waals surface area contributed by atoms with E-state index in [1.807, 2.05) is 6.92 Å². The summed E-state index contributed by atoms with van der Waals surface area (Å²) in [6, 6.07) is 0.695. The van der Waals surface area contributed by atoms with Crippen LogP contribution in [-0.2, 0) is 23.1 Å². The maximum atomic E-state index is 11.6. The first-order valence-corrected chi connectivity index (χ1v) is 17.9. The molecule has 154 valence electrons. The van der Waals surface area contributed by atoms with Crippen molar-refractivity contribution >= 4 is 32.1 Å². The van der Waals surface area contributed by atoms with Gasteiger partial charge in [0.25, 0.3) is 0 Å². The molecule has 9 heteroatoms. The second-order valence-corrected chi connectivity index (χ2v) is 19.2. The smallest absolute Gasteiger partial charge is 0.333 e. The van der Waals surface area contributed by atoms with E-state index in [-0.39, 0.29) is 18.6 Å². The van der Waals surface area contributed by atoms with Crippen LogP contribution >= 0.6 is 0 Å². The van der Waals surface area contributed by atoms with Crippen molar-refractivity contribution in [1.82, 2.24) is 0 Å². The van der Waals surface area contributed by atoms with Crippen LogP contribution in [0.5, 0.6) is 0 Å². The Morgan fingerprint density at radius 3 is 2.00 bits per heavy atom. The summed E-state index contributed by atoms with van der Waals surface area (Å²) in [7, 11) is -4.30. The molecule has 0 aliphatic rings. The summed E-state index contributed by atoms with van der Waals surface area (Å²) in [6.07, 6.45) is -0.753. The molecule has 0 fully saturated rings. The van der Waals surface area contributed by atoms with E-state index in [0.717, 1.165) is 0 Å². The molecular formula is C17H38O6Si3. The van der Waals surface area contributed by atoms with Gasteiger partial charge in [0, 0.05) is 5.57 Å². The molecular weight excluding hydrogens is 384 g/mol. The number of hydrogen-bond acceptors (Lipinski definition) is 6. The molecule has 0 aromatic carbocycles. The Balaban J connectivity index is 4.89. The van der Waals surface area contributed by atoms with Crippen molar-refractivity contribution in [3.8, 4) is 0 Å². The second-order valence-electron chi connectivity index (χ2n) is 8.47. The summed E-state index contributed by atoms with van der Waals surface area (Å²) in [5.74, 6) is -0.616. The van der Waals surface area contributed by atoms with Crippen molar-refractivity contribution in [1.29, 1.82) is 0 Å². The highest BCUT2D eigenvalue weighted by Gasteiger charge is 2.28. The fourth-order valence-electron chi connectivity index (χ4n) is 2.05. The first-order valence-electron chi connectivity index (χ1n) is 9.25. The first-order chi connectivity index (χ1) is 11.7. The summed E-state index contributed by atoms with van der Waals surface area (Å²) in [4.78, 5) is 11.6. The molecule has 0 aliphatic heterocycles. The van der Waals surface area contributed by atoms with Crippen LogP contribution in [0.1, 0.15) is 20.3 Å². The molecule has 26 heavy (non-hydrogen) atoms. The lowest BCUT2D eigenvalue weighted by Gasteiger charge is -2.32. The van der Waals surface area contributed by atoms with Gasteiger partial charge in [-0.15, -0.1) is 0 Å². The first kappa shape index (κ1) is 25.7. The predicted octanol–water partition coefficient (Wildman–Crippen LogP) is 2.79. The largest absolute Gasteiger partial charge is 0.460 e. The number of carbonyl (C=O) groups excluding carboxylic acids is 1. The van der Waals surface area contributed by atoms with Crippen molar-refractivity contribution in [2.45, 2.75) is 83.9 Å². The lowest BCUT2D eigenvalue weighted by atomic mass is 10.3. The number of ether oxygens (including phenoxy) is 2. The molecule has 0 saturated heterocycles. The monoisotopic (exact) mass is 422 g/mol. The molecule has 0 saturated carbocycles. The van der Waals surface area contributed by atoms with Gasteiger partial charge in [-0.2, -0.15) is 0 Å². The van der Waals surface area contributed by atoms with E-state index < -0.39 is 38.4 Å². The molecule has 0 aromatic rings. The van der Waals surface area contributed by atoms with Gasteiger partial charge >= 0.3 is 5.97 Å². The molecule has 6 nitrogen and oxygen atoms in total. The van der Waals surface area contributed by atoms with Gasteiger partial charge in [-0.1, -0.05) is 13.5 Å². The molecule has 0 heterocycles. The van der Waals surface area contributed by atoms with Crippen molar-refractivity contribution in [3.63, 3.8) is 0 Å². The van der Waals surface area contributed by atoms with Gasteiger partial charge in [-0.25, -0.2) is 4.79 Å². The normalized spacial score (nSPS) is 15.5. The highest BCUT2D eigenvalue weighted by molar-refractivity contribution is 6.71. The average Bonchev–Trinajstić information content (AvgIpc) is 2.45. The number of aliphatic hydroxyl groups is 1. The van der Waals surface area contributed by atoms with Crippen molar-refractivity contribution in [2.24, 2.45) is 0 Å². The van der Waals surface area contributed by atoms with Crippen LogP contribution in [0.2, 0.25) is 45.3 Å². The molecule has 2 atom stereocenters. The lowest BCUT2D eigenvalue weighted by molar-refractivity contribution is -0.161. The topological polar surface area (TPSA) is 74.2 Å². The maximum absolute atomic E-state index is 11.6. The molecule has 0 aromatic heterocycles. The van der Waals surface area contributed by atoms with Gasteiger partial charge in [-0.3, -0.25) is 0 Å². The second kappa shape index (κ2) is 11.5. The fourth-order valence-corrected chi connectivity index (χ4v) is 8.71. The maximum Gasteiger partial charge on any atom is 0.333 e. The van der Waals surface area contributed by atoms with Gasteiger partial charge < -0.3 is 23.4 Å². The van der Waals surface area contributed by atoms with Crippen LogP contribution in [0.3, 0.4) is 0 Å². The van der Waals surface area contributed by atoms with E-state index in [9.17, 15) is 9.90 Å². The van der Waals surface area contributed by atoms with Crippen LogP contribution in [0, 0.1) is 0 Å². The van der Waals surface area contributed by atoms with Crippen molar-refractivity contribution in [3.05, 3.63) is 12.2 Å². The number of esters is 1. The van der Waals surface area contributed by atoms with Crippen LogP contribution in [0.4, 0.5) is 0 Å². The van der Waals surface area contributed by atoms with Crippen LogP contribution in [0.15, 0.2) is 12.2 Å². The minimum Gasteiger partial charge on any atom is -0.460 e. The summed E-state index contributed by atoms with van der Waals surface area (Å²) in [5, 5.41) is 9.83. The zero-order chi connectivity index (χ0) is 20.5. The van der Waals surface area contributed by atoms with Crippen LogP contribution in [0.25, 0.3) is 0 Å². The highest BCUT2D eigenvalue weighted by atomic mass is 28.4. The third-order valence-corrected chi connectivity index (χ3v) is 7.53. The zero-order valence-corrected chi connectivity index (χ0v) is 21.2. The van der Waals surface area contributed by atoms with E-state index in [1.54, 1.807) is 6.92 Å². The molecule has 0 radical (unpaired) electrons. The summed E-state index contributed by atoms with van der Waals surface area (Å²) < 4.78 is 23.3. The van der Waals surface area contributed by atoms with E-state index in [1.165, 1.54) is 0 Å². The average molecular weight is 423 g/mol. The molecule has 0 amide bonds. The van der Waals surface area contributed by atoms with E-state index in [4.69, 9.17) is 18.3 Å². The Hall–Kier alpha value is -0.299. The summed E-state index contributed by atoms with van der Waals surface area (Å²) in [5.41, 5.74) is 0.346. The Kier molecular flexibility index (Phi) is 11.4. The van der Waals surface area contributed by atoms with E-state index in [2.05, 4.69) is 45.9 Å². The Morgan fingerprint density at radius 1 is 1.12 bits per heavy atom. The molecule has 2 unspecified atom stereocenters. The number of hydrogen-bond donors (Lipinski definition) is 1. The molecule has 0 rings (SSSR count). The minimum atomic E-state index is -1.74. The summed E-state index contributed by atoms with van der Waals surface area (Å²) >= 11 is 0. The van der Waals surface area contributed by atoms with Crippen LogP contribution in [-0.4, -0.2) is 62.1 Å². The zero-order valence-electron chi connectivity index (χ0n) is 17.8. The minimum absolute atomic E-state index is 0.0996. The van der Waals surface area contributed by atoms with Gasteiger partial charge in [0.2, 0.25) is 0 Å². The number of aliphatic hydroxyl groups excluding tert-OH is 1. The molecule has 0 bridgehead atoms. The summed E-state index contributed by atoms with van der Waals surface area (Å²) in [6.45, 7) is 20.0. The fraction of sp³-hybridized carbons (Fsp3) is 0.824. The molecule has 0 aliphatic carbocycles. The quantitative estimate of drug-likeness (QED) is 0.213. The highest BCUT2D eigenvalue weighted by Crippen LogP contribution is 2.16. The van der Waals surface area contributed by atoms with Crippen LogP contribution < -0.4 is 0 Å². The SMILES string of the molecule is C=C(C)C(=O)OCC(C[SiH2]C(O[Si](C)(C)C)O[Si](C)(C)C)OC(O)CC. The van der Waals surface area contributed by atoms with Crippen molar-refractivity contribution < 1.29 is 28.2 Å².